The third-order valence-electron chi connectivity index (χ3n) is 3.25. The quantitative estimate of drug-likeness (QED) is 0.826. The van der Waals surface area contributed by atoms with Crippen molar-refractivity contribution in [2.75, 3.05) is 5.73 Å². The van der Waals surface area contributed by atoms with Crippen LogP contribution < -0.4 is 11.1 Å². The van der Waals surface area contributed by atoms with Crippen LogP contribution in [-0.4, -0.2) is 5.91 Å². The van der Waals surface area contributed by atoms with Crippen molar-refractivity contribution < 1.29 is 9.18 Å². The van der Waals surface area contributed by atoms with Gasteiger partial charge in [-0.25, -0.2) is 4.39 Å². The highest BCUT2D eigenvalue weighted by Crippen LogP contribution is 2.23. The van der Waals surface area contributed by atoms with E-state index in [1.807, 2.05) is 38.1 Å². The molecule has 110 valence electrons. The van der Waals surface area contributed by atoms with E-state index < -0.39 is 11.4 Å². The Bertz CT molecular complexity index is 668. The molecular formula is C16H16BrFN2O. The summed E-state index contributed by atoms with van der Waals surface area (Å²) < 4.78 is 14.4. The highest BCUT2D eigenvalue weighted by Gasteiger charge is 2.23. The first-order valence-corrected chi connectivity index (χ1v) is 7.22. The number of hydrogen-bond acceptors (Lipinski definition) is 2. The van der Waals surface area contributed by atoms with Gasteiger partial charge in [-0.15, -0.1) is 0 Å². The van der Waals surface area contributed by atoms with Gasteiger partial charge in [-0.1, -0.05) is 28.1 Å². The summed E-state index contributed by atoms with van der Waals surface area (Å²) in [5.41, 5.74) is 6.06. The lowest BCUT2D eigenvalue weighted by Crippen LogP contribution is -2.41. The van der Waals surface area contributed by atoms with Crippen molar-refractivity contribution in [1.82, 2.24) is 5.32 Å². The molecule has 0 bridgehead atoms. The average Bonchev–Trinajstić information content (AvgIpc) is 2.41. The van der Waals surface area contributed by atoms with Gasteiger partial charge in [-0.2, -0.15) is 0 Å². The first-order chi connectivity index (χ1) is 9.79. The van der Waals surface area contributed by atoms with E-state index in [9.17, 15) is 9.18 Å². The molecule has 0 heterocycles. The Morgan fingerprint density at radius 3 is 2.38 bits per heavy atom. The molecule has 3 nitrogen and oxygen atoms in total. The number of halogens is 2. The van der Waals surface area contributed by atoms with Gasteiger partial charge in [-0.3, -0.25) is 4.79 Å². The van der Waals surface area contributed by atoms with Crippen LogP contribution in [0.15, 0.2) is 46.9 Å². The molecule has 0 saturated heterocycles. The minimum atomic E-state index is -0.593. The summed E-state index contributed by atoms with van der Waals surface area (Å²) in [5.74, 6) is -0.939. The van der Waals surface area contributed by atoms with Crippen LogP contribution in [0.2, 0.25) is 0 Å². The molecule has 3 N–H and O–H groups in total. The monoisotopic (exact) mass is 350 g/mol. The number of carbonyl (C=O) groups excluding carboxylic acids is 1. The van der Waals surface area contributed by atoms with Gasteiger partial charge in [0.05, 0.1) is 11.2 Å². The molecule has 0 unspecified atom stereocenters. The number of nitrogen functional groups attached to an aromatic ring is 1. The Morgan fingerprint density at radius 1 is 1.19 bits per heavy atom. The molecule has 0 aliphatic rings. The summed E-state index contributed by atoms with van der Waals surface area (Å²) in [6, 6.07) is 11.7. The summed E-state index contributed by atoms with van der Waals surface area (Å²) in [7, 11) is 0. The van der Waals surface area contributed by atoms with Gasteiger partial charge >= 0.3 is 0 Å². The molecule has 21 heavy (non-hydrogen) atoms. The number of carbonyl (C=O) groups is 1. The van der Waals surface area contributed by atoms with E-state index in [0.717, 1.165) is 16.1 Å². The van der Waals surface area contributed by atoms with Crippen molar-refractivity contribution >= 4 is 27.5 Å². The molecule has 0 aliphatic heterocycles. The van der Waals surface area contributed by atoms with Gasteiger partial charge < -0.3 is 11.1 Å². The largest absolute Gasteiger partial charge is 0.396 e. The van der Waals surface area contributed by atoms with Gasteiger partial charge in [0.25, 0.3) is 5.91 Å². The van der Waals surface area contributed by atoms with Crippen LogP contribution in [0.1, 0.15) is 29.8 Å². The second kappa shape index (κ2) is 5.85. The summed E-state index contributed by atoms with van der Waals surface area (Å²) in [6.07, 6.45) is 0. The lowest BCUT2D eigenvalue weighted by atomic mass is 9.94. The number of anilines is 1. The molecule has 0 aromatic heterocycles. The highest BCUT2D eigenvalue weighted by molar-refractivity contribution is 9.10. The first-order valence-electron chi connectivity index (χ1n) is 6.43. The van der Waals surface area contributed by atoms with Crippen LogP contribution in [0.5, 0.6) is 0 Å². The van der Waals surface area contributed by atoms with Gasteiger partial charge in [0.15, 0.2) is 0 Å². The molecule has 2 aromatic rings. The van der Waals surface area contributed by atoms with Gasteiger partial charge in [0, 0.05) is 10.0 Å². The van der Waals surface area contributed by atoms with Crippen LogP contribution in [0.25, 0.3) is 0 Å². The molecule has 1 amide bonds. The van der Waals surface area contributed by atoms with E-state index in [4.69, 9.17) is 5.73 Å². The van der Waals surface area contributed by atoms with Crippen LogP contribution in [0.3, 0.4) is 0 Å². The maximum atomic E-state index is 13.4. The van der Waals surface area contributed by atoms with Gasteiger partial charge in [-0.05, 0) is 49.7 Å². The van der Waals surface area contributed by atoms with Crippen molar-refractivity contribution in [3.05, 3.63) is 63.9 Å². The molecular weight excluding hydrogens is 335 g/mol. The molecule has 5 heteroatoms. The maximum absolute atomic E-state index is 13.4. The standard InChI is InChI=1S/C16H16BrFN2O/c1-16(2,11-4-6-12(17)7-5-11)20-15(21)10-3-8-14(19)13(18)9-10/h3-9H,19H2,1-2H3,(H,20,21). The second-order valence-electron chi connectivity index (χ2n) is 5.32. The van der Waals surface area contributed by atoms with Crippen molar-refractivity contribution in [2.45, 2.75) is 19.4 Å². The Hall–Kier alpha value is -1.88. The molecule has 0 spiro atoms. The summed E-state index contributed by atoms with van der Waals surface area (Å²) >= 11 is 3.37. The topological polar surface area (TPSA) is 55.1 Å². The van der Waals surface area contributed by atoms with Crippen molar-refractivity contribution in [2.24, 2.45) is 0 Å². The molecule has 2 aromatic carbocycles. The summed E-state index contributed by atoms with van der Waals surface area (Å²) in [4.78, 5) is 12.2. The number of nitrogens with two attached hydrogens (primary N) is 1. The van der Waals surface area contributed by atoms with Crippen LogP contribution in [-0.2, 0) is 5.54 Å². The molecule has 0 radical (unpaired) electrons. The Morgan fingerprint density at radius 2 is 1.81 bits per heavy atom. The van der Waals surface area contributed by atoms with Crippen molar-refractivity contribution in [1.29, 1.82) is 0 Å². The second-order valence-corrected chi connectivity index (χ2v) is 6.24. The molecule has 0 atom stereocenters. The van der Waals surface area contributed by atoms with E-state index >= 15 is 0 Å². The smallest absolute Gasteiger partial charge is 0.252 e. The zero-order valence-electron chi connectivity index (χ0n) is 11.8. The molecule has 2 rings (SSSR count). The number of nitrogens with one attached hydrogen (secondary N) is 1. The SMILES string of the molecule is CC(C)(NC(=O)c1ccc(N)c(F)c1)c1ccc(Br)cc1. The maximum Gasteiger partial charge on any atom is 0.252 e. The zero-order valence-corrected chi connectivity index (χ0v) is 13.4. The molecule has 0 aliphatic carbocycles. The zero-order chi connectivity index (χ0) is 15.6. The van der Waals surface area contributed by atoms with E-state index in [1.54, 1.807) is 0 Å². The fourth-order valence-electron chi connectivity index (χ4n) is 1.96. The van der Waals surface area contributed by atoms with E-state index in [0.29, 0.717) is 0 Å². The third kappa shape index (κ3) is 3.61. The Labute approximate surface area is 131 Å². The normalized spacial score (nSPS) is 11.2. The lowest BCUT2D eigenvalue weighted by Gasteiger charge is -2.27. The predicted octanol–water partition coefficient (Wildman–Crippen LogP) is 3.84. The van der Waals surface area contributed by atoms with Crippen LogP contribution >= 0.6 is 15.9 Å². The molecule has 0 fully saturated rings. The number of benzene rings is 2. The minimum Gasteiger partial charge on any atom is -0.396 e. The van der Waals surface area contributed by atoms with Crippen LogP contribution in [0.4, 0.5) is 10.1 Å². The Balaban J connectivity index is 2.21. The number of hydrogen-bond donors (Lipinski definition) is 2. The Kier molecular flexibility index (Phi) is 4.32. The summed E-state index contributed by atoms with van der Waals surface area (Å²) in [5, 5.41) is 2.89. The van der Waals surface area contributed by atoms with Gasteiger partial charge in [0.1, 0.15) is 5.82 Å². The van der Waals surface area contributed by atoms with E-state index in [2.05, 4.69) is 21.2 Å². The fraction of sp³-hybridized carbons (Fsp3) is 0.188. The van der Waals surface area contributed by atoms with Crippen LogP contribution in [0, 0.1) is 5.82 Å². The molecule has 0 saturated carbocycles. The van der Waals surface area contributed by atoms with E-state index in [-0.39, 0.29) is 17.2 Å². The van der Waals surface area contributed by atoms with E-state index in [1.165, 1.54) is 12.1 Å². The average molecular weight is 351 g/mol. The van der Waals surface area contributed by atoms with Gasteiger partial charge in [0.2, 0.25) is 0 Å². The number of rotatable bonds is 3. The lowest BCUT2D eigenvalue weighted by molar-refractivity contribution is 0.0911. The van der Waals surface area contributed by atoms with Crippen molar-refractivity contribution in [3.63, 3.8) is 0 Å². The minimum absolute atomic E-state index is 0.0266. The third-order valence-corrected chi connectivity index (χ3v) is 3.78. The highest BCUT2D eigenvalue weighted by atomic mass is 79.9. The number of amides is 1. The fourth-order valence-corrected chi connectivity index (χ4v) is 2.23. The predicted molar refractivity (Wildman–Crippen MR) is 85.4 cm³/mol. The first kappa shape index (κ1) is 15.5. The van der Waals surface area contributed by atoms with Crippen molar-refractivity contribution in [3.8, 4) is 0 Å². The summed E-state index contributed by atoms with van der Waals surface area (Å²) in [6.45, 7) is 3.78.